The molecule has 0 saturated carbocycles. The van der Waals surface area contributed by atoms with Crippen molar-refractivity contribution in [2.75, 3.05) is 5.32 Å². The number of nitrogens with one attached hydrogen (secondary N) is 3. The molecule has 11 heteroatoms. The van der Waals surface area contributed by atoms with E-state index in [1.807, 2.05) is 0 Å². The summed E-state index contributed by atoms with van der Waals surface area (Å²) >= 11 is 0. The summed E-state index contributed by atoms with van der Waals surface area (Å²) in [5.74, 6) is -1.43. The van der Waals surface area contributed by atoms with E-state index < -0.39 is 40.5 Å². The number of rotatable bonds is 4. The largest absolute Gasteiger partial charge is 0.510 e. The number of anilines is 1. The number of imidazole rings is 1. The normalized spacial score (nSPS) is 13.0. The Hall–Kier alpha value is -3.89. The average molecular weight is 405 g/mol. The van der Waals surface area contributed by atoms with Gasteiger partial charge in [0.25, 0.3) is 5.91 Å². The van der Waals surface area contributed by atoms with E-state index in [1.54, 1.807) is 6.07 Å². The number of azo groups is 1. The molecule has 0 fully saturated rings. The Morgan fingerprint density at radius 1 is 1.10 bits per heavy atom. The van der Waals surface area contributed by atoms with E-state index >= 15 is 0 Å². The van der Waals surface area contributed by atoms with Gasteiger partial charge in [0.15, 0.2) is 5.70 Å². The second kappa shape index (κ2) is 7.62. The number of nitrogens with zero attached hydrogens (tertiary/aromatic N) is 2. The number of carbonyl (C=O) groups is 1. The number of alkyl halides is 3. The number of aromatic nitrogens is 2. The van der Waals surface area contributed by atoms with Crippen LogP contribution in [0, 0.1) is 0 Å². The van der Waals surface area contributed by atoms with Crippen LogP contribution in [0.1, 0.15) is 12.5 Å². The van der Waals surface area contributed by atoms with Gasteiger partial charge in [-0.2, -0.15) is 13.2 Å². The molecule has 3 rings (SSSR count). The molecule has 1 aromatic heterocycles. The summed E-state index contributed by atoms with van der Waals surface area (Å²) in [4.78, 5) is 28.8. The maximum absolute atomic E-state index is 13.0. The van der Waals surface area contributed by atoms with Gasteiger partial charge in [0.1, 0.15) is 5.76 Å². The molecular weight excluding hydrogens is 391 g/mol. The minimum absolute atomic E-state index is 0.266. The van der Waals surface area contributed by atoms with Gasteiger partial charge in [0, 0.05) is 5.69 Å². The number of benzene rings is 2. The first-order valence-electron chi connectivity index (χ1n) is 8.16. The van der Waals surface area contributed by atoms with Crippen molar-refractivity contribution in [1.29, 1.82) is 0 Å². The van der Waals surface area contributed by atoms with E-state index in [0.717, 1.165) is 19.1 Å². The Bertz CT molecular complexity index is 1190. The lowest BCUT2D eigenvalue weighted by Gasteiger charge is -2.09. The van der Waals surface area contributed by atoms with E-state index in [2.05, 4.69) is 25.5 Å². The highest BCUT2D eigenvalue weighted by Crippen LogP contribution is 2.36. The Morgan fingerprint density at radius 3 is 2.48 bits per heavy atom. The monoisotopic (exact) mass is 405 g/mol. The van der Waals surface area contributed by atoms with Crippen LogP contribution in [-0.2, 0) is 11.0 Å². The van der Waals surface area contributed by atoms with Crippen LogP contribution in [0.3, 0.4) is 0 Å². The summed E-state index contributed by atoms with van der Waals surface area (Å²) in [7, 11) is 0. The fraction of sp³-hybridized carbons (Fsp3) is 0.111. The van der Waals surface area contributed by atoms with E-state index in [9.17, 15) is 27.9 Å². The van der Waals surface area contributed by atoms with Crippen molar-refractivity contribution in [3.05, 3.63) is 70.0 Å². The van der Waals surface area contributed by atoms with Gasteiger partial charge in [-0.3, -0.25) is 4.79 Å². The Balaban J connectivity index is 1.86. The molecule has 8 nitrogen and oxygen atoms in total. The number of H-pyrrole nitrogens is 2. The number of allylic oxidation sites excluding steroid dienone is 1. The quantitative estimate of drug-likeness (QED) is 0.292. The lowest BCUT2D eigenvalue weighted by molar-refractivity contribution is -0.137. The van der Waals surface area contributed by atoms with Crippen LogP contribution in [0.2, 0.25) is 0 Å². The molecular formula is C18H14F3N5O3. The average Bonchev–Trinajstić information content (AvgIpc) is 3.00. The number of aliphatic hydroxyl groups excluding tert-OH is 1. The lowest BCUT2D eigenvalue weighted by atomic mass is 10.2. The second-order valence-corrected chi connectivity index (χ2v) is 5.94. The first-order valence-corrected chi connectivity index (χ1v) is 8.16. The highest BCUT2D eigenvalue weighted by atomic mass is 19.4. The Morgan fingerprint density at radius 2 is 1.79 bits per heavy atom. The van der Waals surface area contributed by atoms with Crippen molar-refractivity contribution >= 4 is 28.3 Å². The Labute approximate surface area is 160 Å². The molecule has 2 aromatic carbocycles. The van der Waals surface area contributed by atoms with E-state index in [0.29, 0.717) is 11.0 Å². The van der Waals surface area contributed by atoms with Crippen molar-refractivity contribution in [3.63, 3.8) is 0 Å². The van der Waals surface area contributed by atoms with Crippen LogP contribution in [0.25, 0.3) is 11.0 Å². The van der Waals surface area contributed by atoms with Gasteiger partial charge in [0.2, 0.25) is 0 Å². The minimum Gasteiger partial charge on any atom is -0.510 e. The SMILES string of the molecule is C/C(O)=C(\N=Nc1ccccc1C(F)(F)F)C(=O)Nc1ccc2[nH]c(=O)[nH]c2c1. The second-order valence-electron chi connectivity index (χ2n) is 5.94. The molecule has 0 spiro atoms. The molecule has 1 amide bonds. The van der Waals surface area contributed by atoms with Crippen molar-refractivity contribution in [2.24, 2.45) is 10.2 Å². The smallest absolute Gasteiger partial charge is 0.418 e. The third-order valence-corrected chi connectivity index (χ3v) is 3.80. The van der Waals surface area contributed by atoms with Gasteiger partial charge in [-0.25, -0.2) is 4.79 Å². The third-order valence-electron chi connectivity index (χ3n) is 3.80. The zero-order chi connectivity index (χ0) is 21.2. The minimum atomic E-state index is -4.65. The molecule has 4 N–H and O–H groups in total. The number of halogens is 3. The molecule has 0 atom stereocenters. The maximum atomic E-state index is 13.0. The topological polar surface area (TPSA) is 123 Å². The number of hydrogen-bond acceptors (Lipinski definition) is 5. The standard InChI is InChI=1S/C18H14F3N5O3/c1-9(27)15(26-25-12-5-3-2-4-11(12)18(19,20)21)16(28)22-10-6-7-13-14(8-10)24-17(29)23-13/h2-8,27H,1H3,(H,22,28)(H2,23,24,29)/b15-9+,26-25?. The van der Waals surface area contributed by atoms with Gasteiger partial charge in [0.05, 0.1) is 22.3 Å². The Kier molecular flexibility index (Phi) is 5.22. The first-order chi connectivity index (χ1) is 13.6. The van der Waals surface area contributed by atoms with E-state index in [-0.39, 0.29) is 5.69 Å². The zero-order valence-electron chi connectivity index (χ0n) is 14.8. The summed E-state index contributed by atoms with van der Waals surface area (Å²) in [6, 6.07) is 8.95. The summed E-state index contributed by atoms with van der Waals surface area (Å²) in [6.07, 6.45) is -4.65. The summed E-state index contributed by atoms with van der Waals surface area (Å²) in [6.45, 7) is 1.15. The molecule has 0 aliphatic rings. The molecule has 0 bridgehead atoms. The molecule has 1 heterocycles. The van der Waals surface area contributed by atoms with Crippen molar-refractivity contribution in [3.8, 4) is 0 Å². The number of aromatic amines is 2. The van der Waals surface area contributed by atoms with Crippen LogP contribution < -0.4 is 11.0 Å². The summed E-state index contributed by atoms with van der Waals surface area (Å²) < 4.78 is 39.1. The van der Waals surface area contributed by atoms with E-state index in [4.69, 9.17) is 0 Å². The van der Waals surface area contributed by atoms with Crippen LogP contribution in [0.5, 0.6) is 0 Å². The molecule has 0 radical (unpaired) electrons. The van der Waals surface area contributed by atoms with Gasteiger partial charge in [-0.05, 0) is 37.3 Å². The van der Waals surface area contributed by atoms with Crippen LogP contribution in [0.4, 0.5) is 24.5 Å². The molecule has 3 aromatic rings. The van der Waals surface area contributed by atoms with Crippen molar-refractivity contribution in [1.82, 2.24) is 9.97 Å². The van der Waals surface area contributed by atoms with Crippen LogP contribution in [0.15, 0.2) is 68.9 Å². The first kappa shape index (κ1) is 19.9. The number of fused-ring (bicyclic) bond motifs is 1. The van der Waals surface area contributed by atoms with E-state index in [1.165, 1.54) is 24.3 Å². The summed E-state index contributed by atoms with van der Waals surface area (Å²) in [5, 5.41) is 19.2. The molecule has 0 aliphatic heterocycles. The predicted molar refractivity (Wildman–Crippen MR) is 98.8 cm³/mol. The van der Waals surface area contributed by atoms with Gasteiger partial charge >= 0.3 is 11.9 Å². The highest BCUT2D eigenvalue weighted by Gasteiger charge is 2.33. The fourth-order valence-electron chi connectivity index (χ4n) is 2.49. The summed E-state index contributed by atoms with van der Waals surface area (Å²) in [5.41, 5.74) is -1.30. The van der Waals surface area contributed by atoms with Gasteiger partial charge in [-0.15, -0.1) is 10.2 Å². The third kappa shape index (κ3) is 4.51. The van der Waals surface area contributed by atoms with Crippen molar-refractivity contribution < 1.29 is 23.1 Å². The van der Waals surface area contributed by atoms with Crippen LogP contribution >= 0.6 is 0 Å². The number of aliphatic hydroxyl groups is 1. The number of amides is 1. The molecule has 150 valence electrons. The predicted octanol–water partition coefficient (Wildman–Crippen LogP) is 4.39. The molecule has 29 heavy (non-hydrogen) atoms. The van der Waals surface area contributed by atoms with Crippen molar-refractivity contribution in [2.45, 2.75) is 13.1 Å². The fourth-order valence-corrected chi connectivity index (χ4v) is 2.49. The maximum Gasteiger partial charge on any atom is 0.418 e. The number of carbonyl (C=O) groups excluding carboxylic acids is 1. The van der Waals surface area contributed by atoms with Crippen LogP contribution in [-0.4, -0.2) is 21.0 Å². The zero-order valence-corrected chi connectivity index (χ0v) is 14.8. The highest BCUT2D eigenvalue weighted by molar-refractivity contribution is 6.04. The number of hydrogen-bond donors (Lipinski definition) is 4. The molecule has 0 unspecified atom stereocenters. The van der Waals surface area contributed by atoms with Gasteiger partial charge < -0.3 is 20.4 Å². The van der Waals surface area contributed by atoms with Gasteiger partial charge in [-0.1, -0.05) is 12.1 Å². The lowest BCUT2D eigenvalue weighted by Crippen LogP contribution is -2.14. The molecule has 0 saturated heterocycles. The molecule has 0 aliphatic carbocycles.